The average Bonchev–Trinajstić information content (AvgIpc) is 2.41. The molecule has 0 saturated heterocycles. The smallest absolute Gasteiger partial charge is 0.224 e. The molecule has 0 aliphatic carbocycles. The second-order valence-electron chi connectivity index (χ2n) is 4.36. The molecule has 1 aromatic carbocycles. The first-order valence-corrected chi connectivity index (χ1v) is 6.24. The van der Waals surface area contributed by atoms with E-state index in [1.54, 1.807) is 13.2 Å². The van der Waals surface area contributed by atoms with E-state index in [1.165, 1.54) is 6.92 Å². The molecule has 1 amide bonds. The van der Waals surface area contributed by atoms with Crippen molar-refractivity contribution in [2.24, 2.45) is 0 Å². The summed E-state index contributed by atoms with van der Waals surface area (Å²) < 4.78 is 0. The summed E-state index contributed by atoms with van der Waals surface area (Å²) in [5, 5.41) is 8.86. The number of nitrogens with zero attached hydrogens (tertiary/aromatic N) is 2. The molecule has 6 nitrogen and oxygen atoms in total. The lowest BCUT2D eigenvalue weighted by atomic mass is 10.2. The third-order valence-corrected chi connectivity index (χ3v) is 2.64. The molecule has 0 aliphatic rings. The Bertz CT molecular complexity index is 627. The number of aromatic nitrogens is 2. The van der Waals surface area contributed by atoms with Gasteiger partial charge in [0.25, 0.3) is 0 Å². The molecular weight excluding hydrogens is 254 g/mol. The van der Waals surface area contributed by atoms with Crippen LogP contribution in [0.4, 0.5) is 23.1 Å². The number of nitrogens with one attached hydrogen (secondary N) is 3. The zero-order chi connectivity index (χ0) is 14.5. The van der Waals surface area contributed by atoms with Gasteiger partial charge in [-0.3, -0.25) is 4.79 Å². The van der Waals surface area contributed by atoms with Gasteiger partial charge < -0.3 is 16.0 Å². The fourth-order valence-corrected chi connectivity index (χ4v) is 1.70. The van der Waals surface area contributed by atoms with E-state index >= 15 is 0 Å². The fraction of sp³-hybridized carbons (Fsp3) is 0.214. The molecule has 3 N–H and O–H groups in total. The zero-order valence-electron chi connectivity index (χ0n) is 11.7. The second kappa shape index (κ2) is 6.01. The van der Waals surface area contributed by atoms with Crippen molar-refractivity contribution in [2.75, 3.05) is 23.0 Å². The predicted octanol–water partition coefficient (Wildman–Crippen LogP) is 2.53. The van der Waals surface area contributed by atoms with Gasteiger partial charge >= 0.3 is 0 Å². The summed E-state index contributed by atoms with van der Waals surface area (Å²) >= 11 is 0. The van der Waals surface area contributed by atoms with Crippen LogP contribution >= 0.6 is 0 Å². The molecule has 20 heavy (non-hydrogen) atoms. The molecular formula is C14H17N5O. The molecule has 0 bridgehead atoms. The van der Waals surface area contributed by atoms with Crippen molar-refractivity contribution in [1.29, 1.82) is 0 Å². The standard InChI is InChI=1S/C14H17N5O/c1-9-8-16-14(15-3)19-13(9)18-12-6-4-5-11(7-12)17-10(2)20/h4-8H,1-3H3,(H,17,20)(H2,15,16,18,19). The van der Waals surface area contributed by atoms with E-state index in [0.29, 0.717) is 5.95 Å². The lowest BCUT2D eigenvalue weighted by Crippen LogP contribution is -2.06. The van der Waals surface area contributed by atoms with Crippen LogP contribution in [0, 0.1) is 6.92 Å². The molecule has 0 unspecified atom stereocenters. The normalized spacial score (nSPS) is 9.95. The van der Waals surface area contributed by atoms with Crippen LogP contribution in [0.2, 0.25) is 0 Å². The van der Waals surface area contributed by atoms with Crippen LogP contribution in [0.1, 0.15) is 12.5 Å². The highest BCUT2D eigenvalue weighted by Gasteiger charge is 2.04. The first-order chi connectivity index (χ1) is 9.58. The van der Waals surface area contributed by atoms with E-state index in [4.69, 9.17) is 0 Å². The van der Waals surface area contributed by atoms with Crippen molar-refractivity contribution in [2.45, 2.75) is 13.8 Å². The van der Waals surface area contributed by atoms with E-state index in [1.807, 2.05) is 31.2 Å². The highest BCUT2D eigenvalue weighted by atomic mass is 16.1. The number of benzene rings is 1. The van der Waals surface area contributed by atoms with E-state index in [9.17, 15) is 4.79 Å². The molecule has 0 fully saturated rings. The van der Waals surface area contributed by atoms with E-state index < -0.39 is 0 Å². The lowest BCUT2D eigenvalue weighted by Gasteiger charge is -2.11. The topological polar surface area (TPSA) is 78.9 Å². The Hall–Kier alpha value is -2.63. The van der Waals surface area contributed by atoms with Gasteiger partial charge in [-0.2, -0.15) is 4.98 Å². The van der Waals surface area contributed by atoms with Crippen LogP contribution in [0.15, 0.2) is 30.5 Å². The van der Waals surface area contributed by atoms with Gasteiger partial charge in [0.15, 0.2) is 0 Å². The molecule has 0 saturated carbocycles. The summed E-state index contributed by atoms with van der Waals surface area (Å²) in [6.45, 7) is 3.41. The summed E-state index contributed by atoms with van der Waals surface area (Å²) in [4.78, 5) is 19.6. The van der Waals surface area contributed by atoms with Gasteiger partial charge in [0.1, 0.15) is 5.82 Å². The van der Waals surface area contributed by atoms with E-state index in [-0.39, 0.29) is 5.91 Å². The molecule has 0 atom stereocenters. The molecule has 2 rings (SSSR count). The van der Waals surface area contributed by atoms with Crippen LogP contribution in [0.25, 0.3) is 0 Å². The van der Waals surface area contributed by atoms with Gasteiger partial charge in [0.2, 0.25) is 11.9 Å². The summed E-state index contributed by atoms with van der Waals surface area (Å²) in [5.74, 6) is 1.18. The van der Waals surface area contributed by atoms with Crippen LogP contribution in [-0.4, -0.2) is 22.9 Å². The Morgan fingerprint density at radius 1 is 1.25 bits per heavy atom. The van der Waals surface area contributed by atoms with Gasteiger partial charge in [0.05, 0.1) is 0 Å². The van der Waals surface area contributed by atoms with Crippen molar-refractivity contribution in [3.8, 4) is 0 Å². The number of carbonyl (C=O) groups excluding carboxylic acids is 1. The highest BCUT2D eigenvalue weighted by molar-refractivity contribution is 5.89. The molecule has 0 aliphatic heterocycles. The summed E-state index contributed by atoms with van der Waals surface area (Å²) in [5.41, 5.74) is 2.53. The molecule has 1 heterocycles. The second-order valence-corrected chi connectivity index (χ2v) is 4.36. The summed E-state index contributed by atoms with van der Waals surface area (Å²) in [7, 11) is 1.77. The number of hydrogen-bond donors (Lipinski definition) is 3. The van der Waals surface area contributed by atoms with E-state index in [0.717, 1.165) is 22.8 Å². The van der Waals surface area contributed by atoms with Gasteiger partial charge in [-0.1, -0.05) is 6.07 Å². The largest absolute Gasteiger partial charge is 0.357 e. The van der Waals surface area contributed by atoms with Crippen LogP contribution in [0.3, 0.4) is 0 Å². The lowest BCUT2D eigenvalue weighted by molar-refractivity contribution is -0.114. The minimum atomic E-state index is -0.0992. The monoisotopic (exact) mass is 271 g/mol. The van der Waals surface area contributed by atoms with Crippen molar-refractivity contribution in [3.63, 3.8) is 0 Å². The fourth-order valence-electron chi connectivity index (χ4n) is 1.70. The summed E-state index contributed by atoms with van der Waals surface area (Å²) in [6.07, 6.45) is 1.75. The SMILES string of the molecule is CNc1ncc(C)c(Nc2cccc(NC(C)=O)c2)n1. The van der Waals surface area contributed by atoms with E-state index in [2.05, 4.69) is 25.9 Å². The van der Waals surface area contributed by atoms with Crippen molar-refractivity contribution >= 4 is 29.0 Å². The quantitative estimate of drug-likeness (QED) is 0.796. The molecule has 6 heteroatoms. The first kappa shape index (κ1) is 13.8. The number of hydrogen-bond acceptors (Lipinski definition) is 5. The molecule has 104 valence electrons. The zero-order valence-corrected chi connectivity index (χ0v) is 11.7. The highest BCUT2D eigenvalue weighted by Crippen LogP contribution is 2.21. The van der Waals surface area contributed by atoms with Crippen LogP contribution in [0.5, 0.6) is 0 Å². The Labute approximate surface area is 117 Å². The number of rotatable bonds is 4. The number of anilines is 4. The average molecular weight is 271 g/mol. The third-order valence-electron chi connectivity index (χ3n) is 2.64. The maximum atomic E-state index is 11.1. The predicted molar refractivity (Wildman–Crippen MR) is 80.3 cm³/mol. The molecule has 1 aromatic heterocycles. The van der Waals surface area contributed by atoms with Gasteiger partial charge in [-0.15, -0.1) is 0 Å². The minimum Gasteiger partial charge on any atom is -0.357 e. The molecule has 0 spiro atoms. The minimum absolute atomic E-state index is 0.0992. The number of aryl methyl sites for hydroxylation is 1. The van der Waals surface area contributed by atoms with Crippen LogP contribution < -0.4 is 16.0 Å². The number of carbonyl (C=O) groups is 1. The first-order valence-electron chi connectivity index (χ1n) is 6.24. The van der Waals surface area contributed by atoms with Crippen molar-refractivity contribution in [1.82, 2.24) is 9.97 Å². The Morgan fingerprint density at radius 3 is 2.70 bits per heavy atom. The number of amides is 1. The molecule has 0 radical (unpaired) electrons. The Kier molecular flexibility index (Phi) is 4.14. The van der Waals surface area contributed by atoms with Gasteiger partial charge in [0, 0.05) is 37.1 Å². The van der Waals surface area contributed by atoms with Crippen LogP contribution in [-0.2, 0) is 4.79 Å². The Balaban J connectivity index is 2.23. The maximum absolute atomic E-state index is 11.1. The third kappa shape index (κ3) is 3.44. The van der Waals surface area contributed by atoms with Crippen molar-refractivity contribution < 1.29 is 4.79 Å². The summed E-state index contributed by atoms with van der Waals surface area (Å²) in [6, 6.07) is 7.45. The maximum Gasteiger partial charge on any atom is 0.224 e. The van der Waals surface area contributed by atoms with Gasteiger partial charge in [-0.05, 0) is 25.1 Å². The Morgan fingerprint density at radius 2 is 2.00 bits per heavy atom. The molecule has 2 aromatic rings. The van der Waals surface area contributed by atoms with Crippen molar-refractivity contribution in [3.05, 3.63) is 36.0 Å². The van der Waals surface area contributed by atoms with Gasteiger partial charge in [-0.25, -0.2) is 4.98 Å².